The minimum atomic E-state index is -1.00. The van der Waals surface area contributed by atoms with Crippen LogP contribution in [0, 0.1) is 11.6 Å². The Morgan fingerprint density at radius 3 is 2.61 bits per heavy atom. The van der Waals surface area contributed by atoms with E-state index < -0.39 is 11.6 Å². The Hall–Kier alpha value is -1.32. The second-order valence-corrected chi connectivity index (χ2v) is 4.56. The van der Waals surface area contributed by atoms with Crippen molar-refractivity contribution < 1.29 is 13.5 Å². The van der Waals surface area contributed by atoms with Crippen LogP contribution in [0.1, 0.15) is 46.0 Å². The Balaban J connectivity index is 2.54. The van der Waals surface area contributed by atoms with Crippen molar-refractivity contribution in [3.8, 4) is 5.75 Å². The van der Waals surface area contributed by atoms with Crippen LogP contribution in [0.2, 0.25) is 0 Å². The van der Waals surface area contributed by atoms with Crippen molar-refractivity contribution in [2.75, 3.05) is 5.73 Å². The highest BCUT2D eigenvalue weighted by atomic mass is 19.2. The van der Waals surface area contributed by atoms with E-state index in [2.05, 4.69) is 6.92 Å². The molecule has 0 aliphatic rings. The number of rotatable bonds is 7. The highest BCUT2D eigenvalue weighted by Crippen LogP contribution is 2.28. The fourth-order valence-corrected chi connectivity index (χ4v) is 1.79. The van der Waals surface area contributed by atoms with Crippen LogP contribution >= 0.6 is 0 Å². The average Bonchev–Trinajstić information content (AvgIpc) is 2.35. The van der Waals surface area contributed by atoms with Gasteiger partial charge in [0.05, 0.1) is 11.8 Å². The zero-order valence-electron chi connectivity index (χ0n) is 11.0. The Kier molecular flexibility index (Phi) is 5.89. The largest absolute Gasteiger partial charge is 0.485 e. The van der Waals surface area contributed by atoms with Crippen LogP contribution in [-0.2, 0) is 0 Å². The van der Waals surface area contributed by atoms with Gasteiger partial charge in [-0.2, -0.15) is 4.39 Å². The third-order valence-corrected chi connectivity index (χ3v) is 2.86. The lowest BCUT2D eigenvalue weighted by molar-refractivity contribution is 0.196. The molecule has 0 aliphatic carbocycles. The minimum absolute atomic E-state index is 0.134. The van der Waals surface area contributed by atoms with E-state index in [-0.39, 0.29) is 17.5 Å². The van der Waals surface area contributed by atoms with E-state index in [9.17, 15) is 8.78 Å². The van der Waals surface area contributed by atoms with Crippen molar-refractivity contribution in [2.45, 2.75) is 52.1 Å². The van der Waals surface area contributed by atoms with E-state index in [4.69, 9.17) is 10.5 Å². The van der Waals surface area contributed by atoms with Gasteiger partial charge < -0.3 is 10.5 Å². The predicted molar refractivity (Wildman–Crippen MR) is 69.6 cm³/mol. The lowest BCUT2D eigenvalue weighted by atomic mass is 10.1. The molecular weight excluding hydrogens is 236 g/mol. The smallest absolute Gasteiger partial charge is 0.202 e. The summed E-state index contributed by atoms with van der Waals surface area (Å²) in [7, 11) is 0. The van der Waals surface area contributed by atoms with Gasteiger partial charge in [0.2, 0.25) is 5.82 Å². The highest BCUT2D eigenvalue weighted by molar-refractivity contribution is 5.53. The molecule has 0 saturated carbocycles. The standard InChI is InChI=1S/C14H21F2NO/c1-3-4-5-6-7-10(2)18-14-12(17)9-8-11(15)13(14)16/h8-10H,3-7,17H2,1-2H3. The number of nitrogen functional groups attached to an aromatic ring is 1. The molecule has 1 aromatic carbocycles. The number of ether oxygens (including phenoxy) is 1. The quantitative estimate of drug-likeness (QED) is 0.584. The van der Waals surface area contributed by atoms with Gasteiger partial charge in [0.1, 0.15) is 0 Å². The predicted octanol–water partition coefficient (Wildman–Crippen LogP) is 4.28. The molecule has 2 N–H and O–H groups in total. The molecule has 0 fully saturated rings. The maximum atomic E-state index is 13.5. The summed E-state index contributed by atoms with van der Waals surface area (Å²) >= 11 is 0. The van der Waals surface area contributed by atoms with E-state index in [1.165, 1.54) is 18.9 Å². The summed E-state index contributed by atoms with van der Waals surface area (Å²) in [6.07, 6.45) is 5.15. The molecular formula is C14H21F2NO. The van der Waals surface area contributed by atoms with E-state index >= 15 is 0 Å². The Morgan fingerprint density at radius 1 is 1.22 bits per heavy atom. The van der Waals surface area contributed by atoms with Gasteiger partial charge in [-0.15, -0.1) is 0 Å². The van der Waals surface area contributed by atoms with Crippen molar-refractivity contribution in [3.05, 3.63) is 23.8 Å². The first-order chi connectivity index (χ1) is 8.56. The molecule has 102 valence electrons. The summed E-state index contributed by atoms with van der Waals surface area (Å²) in [6.45, 7) is 3.98. The second-order valence-electron chi connectivity index (χ2n) is 4.56. The number of halogens is 2. The Labute approximate surface area is 107 Å². The summed E-state index contributed by atoms with van der Waals surface area (Å²) in [5.41, 5.74) is 5.72. The molecule has 0 bridgehead atoms. The molecule has 0 amide bonds. The molecule has 0 radical (unpaired) electrons. The van der Waals surface area contributed by atoms with Gasteiger partial charge in [-0.1, -0.05) is 26.2 Å². The van der Waals surface area contributed by atoms with E-state index in [0.29, 0.717) is 0 Å². The van der Waals surface area contributed by atoms with E-state index in [0.717, 1.165) is 25.3 Å². The van der Waals surface area contributed by atoms with Crippen molar-refractivity contribution in [1.29, 1.82) is 0 Å². The summed E-state index contributed by atoms with van der Waals surface area (Å²) in [4.78, 5) is 0. The molecule has 4 heteroatoms. The lowest BCUT2D eigenvalue weighted by Crippen LogP contribution is -2.14. The summed E-state index contributed by atoms with van der Waals surface area (Å²) in [5.74, 6) is -2.11. The van der Waals surface area contributed by atoms with Crippen LogP contribution in [0.4, 0.5) is 14.5 Å². The van der Waals surface area contributed by atoms with Gasteiger partial charge >= 0.3 is 0 Å². The van der Waals surface area contributed by atoms with Gasteiger partial charge in [0, 0.05) is 0 Å². The molecule has 1 atom stereocenters. The van der Waals surface area contributed by atoms with Crippen LogP contribution in [0.3, 0.4) is 0 Å². The van der Waals surface area contributed by atoms with Gasteiger partial charge in [0.25, 0.3) is 0 Å². The molecule has 0 aromatic heterocycles. The number of hydrogen-bond acceptors (Lipinski definition) is 2. The zero-order chi connectivity index (χ0) is 13.5. The van der Waals surface area contributed by atoms with E-state index in [1.54, 1.807) is 0 Å². The summed E-state index contributed by atoms with van der Waals surface area (Å²) in [5, 5.41) is 0. The monoisotopic (exact) mass is 257 g/mol. The van der Waals surface area contributed by atoms with Crippen molar-refractivity contribution in [3.63, 3.8) is 0 Å². The lowest BCUT2D eigenvalue weighted by Gasteiger charge is -2.16. The topological polar surface area (TPSA) is 35.2 Å². The number of hydrogen-bond donors (Lipinski definition) is 1. The molecule has 2 nitrogen and oxygen atoms in total. The molecule has 18 heavy (non-hydrogen) atoms. The molecule has 0 saturated heterocycles. The fraction of sp³-hybridized carbons (Fsp3) is 0.571. The van der Waals surface area contributed by atoms with Gasteiger partial charge in [-0.05, 0) is 31.9 Å². The summed E-state index contributed by atoms with van der Waals surface area (Å²) in [6, 6.07) is 2.32. The first-order valence-electron chi connectivity index (χ1n) is 6.46. The van der Waals surface area contributed by atoms with Crippen LogP contribution in [0.25, 0.3) is 0 Å². The van der Waals surface area contributed by atoms with Crippen LogP contribution in [0.15, 0.2) is 12.1 Å². The van der Waals surface area contributed by atoms with Gasteiger partial charge in [0.15, 0.2) is 11.6 Å². The molecule has 0 spiro atoms. The SMILES string of the molecule is CCCCCCC(C)Oc1c(N)ccc(F)c1F. The fourth-order valence-electron chi connectivity index (χ4n) is 1.79. The van der Waals surface area contributed by atoms with Gasteiger partial charge in [-0.3, -0.25) is 0 Å². The van der Waals surface area contributed by atoms with Crippen molar-refractivity contribution in [1.82, 2.24) is 0 Å². The van der Waals surface area contributed by atoms with Crippen molar-refractivity contribution >= 4 is 5.69 Å². The summed E-state index contributed by atoms with van der Waals surface area (Å²) < 4.78 is 31.9. The number of benzene rings is 1. The number of unbranched alkanes of at least 4 members (excludes halogenated alkanes) is 3. The first-order valence-corrected chi connectivity index (χ1v) is 6.46. The minimum Gasteiger partial charge on any atom is -0.485 e. The van der Waals surface area contributed by atoms with Crippen LogP contribution in [-0.4, -0.2) is 6.10 Å². The third-order valence-electron chi connectivity index (χ3n) is 2.86. The van der Waals surface area contributed by atoms with Gasteiger partial charge in [-0.25, -0.2) is 4.39 Å². The third kappa shape index (κ3) is 4.17. The molecule has 1 aromatic rings. The van der Waals surface area contributed by atoms with Crippen LogP contribution in [0.5, 0.6) is 5.75 Å². The highest BCUT2D eigenvalue weighted by Gasteiger charge is 2.15. The zero-order valence-corrected chi connectivity index (χ0v) is 11.0. The number of nitrogens with two attached hydrogens (primary N) is 1. The van der Waals surface area contributed by atoms with Crippen LogP contribution < -0.4 is 10.5 Å². The molecule has 1 rings (SSSR count). The van der Waals surface area contributed by atoms with E-state index in [1.807, 2.05) is 6.92 Å². The Bertz CT molecular complexity index is 382. The maximum Gasteiger partial charge on any atom is 0.202 e. The molecule has 0 heterocycles. The number of anilines is 1. The molecule has 1 unspecified atom stereocenters. The second kappa shape index (κ2) is 7.19. The molecule has 0 aliphatic heterocycles. The first kappa shape index (κ1) is 14.7. The van der Waals surface area contributed by atoms with Crippen molar-refractivity contribution in [2.24, 2.45) is 0 Å². The Morgan fingerprint density at radius 2 is 1.94 bits per heavy atom. The maximum absolute atomic E-state index is 13.5. The normalized spacial score (nSPS) is 12.4. The average molecular weight is 257 g/mol.